The van der Waals surface area contributed by atoms with Crippen LogP contribution in [0.4, 0.5) is 0 Å². The number of nitrogens with one attached hydrogen (secondary N) is 1. The van der Waals surface area contributed by atoms with Crippen molar-refractivity contribution >= 4 is 5.91 Å². The topological polar surface area (TPSA) is 137 Å². The minimum atomic E-state index is -1.31. The third-order valence-electron chi connectivity index (χ3n) is 3.14. The van der Waals surface area contributed by atoms with Gasteiger partial charge in [0.05, 0.1) is 13.2 Å². The molecule has 2 heterocycles. The smallest absolute Gasteiger partial charge is 0.217 e. The number of rotatable bonds is 3. The third kappa shape index (κ3) is 2.02. The number of aliphatic hydroxyl groups is 2. The molecular formula is C9H14N4O5. The number of fused-ring (bicyclic) bond motifs is 2. The maximum Gasteiger partial charge on any atom is 0.217 e. The van der Waals surface area contributed by atoms with Crippen LogP contribution in [0.5, 0.6) is 0 Å². The number of ether oxygens (including phenoxy) is 2. The lowest BCUT2D eigenvalue weighted by Gasteiger charge is -2.42. The van der Waals surface area contributed by atoms with Gasteiger partial charge in [0, 0.05) is 11.8 Å². The van der Waals surface area contributed by atoms with Gasteiger partial charge >= 0.3 is 0 Å². The lowest BCUT2D eigenvalue weighted by molar-refractivity contribution is -0.221. The van der Waals surface area contributed by atoms with Crippen molar-refractivity contribution in [3.8, 4) is 0 Å². The zero-order chi connectivity index (χ0) is 13.3. The SMILES string of the molecule is CC(=O)N[C@H]1[C@H]2OC[C@](CN=[N+]=[N-])(O2)[C@H](O)[C@@H]1O. The van der Waals surface area contributed by atoms with Crippen LogP contribution >= 0.6 is 0 Å². The van der Waals surface area contributed by atoms with E-state index in [0.717, 1.165) is 0 Å². The molecule has 100 valence electrons. The predicted molar refractivity (Wildman–Crippen MR) is 57.2 cm³/mol. The zero-order valence-corrected chi connectivity index (χ0v) is 9.68. The monoisotopic (exact) mass is 258 g/mol. The molecule has 0 aliphatic carbocycles. The van der Waals surface area contributed by atoms with E-state index in [1.807, 2.05) is 0 Å². The van der Waals surface area contributed by atoms with E-state index in [4.69, 9.17) is 15.0 Å². The van der Waals surface area contributed by atoms with Crippen LogP contribution in [0, 0.1) is 0 Å². The Bertz CT molecular complexity index is 398. The summed E-state index contributed by atoms with van der Waals surface area (Å²) in [7, 11) is 0. The number of nitrogens with zero attached hydrogens (tertiary/aromatic N) is 3. The molecule has 2 aliphatic rings. The lowest BCUT2D eigenvalue weighted by atomic mass is 9.88. The van der Waals surface area contributed by atoms with Crippen molar-refractivity contribution in [2.75, 3.05) is 13.2 Å². The van der Waals surface area contributed by atoms with Gasteiger partial charge in [-0.1, -0.05) is 5.11 Å². The summed E-state index contributed by atoms with van der Waals surface area (Å²) in [5.41, 5.74) is 7.06. The van der Waals surface area contributed by atoms with Gasteiger partial charge in [-0.05, 0) is 5.53 Å². The fourth-order valence-corrected chi connectivity index (χ4v) is 2.24. The maximum absolute atomic E-state index is 11.0. The zero-order valence-electron chi connectivity index (χ0n) is 9.68. The van der Waals surface area contributed by atoms with Gasteiger partial charge in [0.25, 0.3) is 0 Å². The Balaban J connectivity index is 2.19. The molecular weight excluding hydrogens is 244 g/mol. The molecule has 2 bridgehead atoms. The molecule has 0 radical (unpaired) electrons. The van der Waals surface area contributed by atoms with Gasteiger partial charge in [0.15, 0.2) is 6.29 Å². The summed E-state index contributed by atoms with van der Waals surface area (Å²) in [5, 5.41) is 25.8. The largest absolute Gasteiger partial charge is 0.388 e. The van der Waals surface area contributed by atoms with E-state index in [9.17, 15) is 15.0 Å². The third-order valence-corrected chi connectivity index (χ3v) is 3.14. The molecule has 0 unspecified atom stereocenters. The van der Waals surface area contributed by atoms with Gasteiger partial charge in [-0.3, -0.25) is 4.79 Å². The van der Waals surface area contributed by atoms with E-state index in [1.54, 1.807) is 0 Å². The van der Waals surface area contributed by atoms with Crippen LogP contribution in [0.1, 0.15) is 6.92 Å². The Morgan fingerprint density at radius 2 is 2.39 bits per heavy atom. The molecule has 5 atom stereocenters. The van der Waals surface area contributed by atoms with Crippen LogP contribution in [0.2, 0.25) is 0 Å². The van der Waals surface area contributed by atoms with Crippen molar-refractivity contribution in [1.82, 2.24) is 5.32 Å². The number of carbonyl (C=O) groups excluding carboxylic acids is 1. The molecule has 2 aliphatic heterocycles. The fraction of sp³-hybridized carbons (Fsp3) is 0.889. The Hall–Kier alpha value is -1.38. The summed E-state index contributed by atoms with van der Waals surface area (Å²) in [6, 6.07) is -0.848. The van der Waals surface area contributed by atoms with E-state index in [-0.39, 0.29) is 19.1 Å². The summed E-state index contributed by atoms with van der Waals surface area (Å²) >= 11 is 0. The highest BCUT2D eigenvalue weighted by molar-refractivity contribution is 5.73. The predicted octanol–water partition coefficient (Wildman–Crippen LogP) is -1.35. The van der Waals surface area contributed by atoms with Gasteiger partial charge in [-0.25, -0.2) is 0 Å². The number of azide groups is 1. The van der Waals surface area contributed by atoms with Crippen molar-refractivity contribution < 1.29 is 24.5 Å². The number of carbonyl (C=O) groups is 1. The van der Waals surface area contributed by atoms with E-state index >= 15 is 0 Å². The number of amides is 1. The molecule has 0 aromatic carbocycles. The first-order chi connectivity index (χ1) is 8.50. The molecule has 0 aromatic rings. The Morgan fingerprint density at radius 3 is 3.00 bits per heavy atom. The average molecular weight is 258 g/mol. The van der Waals surface area contributed by atoms with Gasteiger partial charge in [-0.2, -0.15) is 0 Å². The highest BCUT2D eigenvalue weighted by Crippen LogP contribution is 2.37. The van der Waals surface area contributed by atoms with Crippen molar-refractivity contribution in [2.24, 2.45) is 5.11 Å². The number of aliphatic hydroxyl groups excluding tert-OH is 2. The molecule has 0 aromatic heterocycles. The quantitative estimate of drug-likeness (QED) is 0.326. The second kappa shape index (κ2) is 4.71. The molecule has 2 fully saturated rings. The number of hydrogen-bond acceptors (Lipinski definition) is 6. The van der Waals surface area contributed by atoms with Crippen LogP contribution in [0.15, 0.2) is 5.11 Å². The maximum atomic E-state index is 11.0. The highest BCUT2D eigenvalue weighted by atomic mass is 16.7. The molecule has 9 heteroatoms. The summed E-state index contributed by atoms with van der Waals surface area (Å²) in [6.45, 7) is 1.13. The summed E-state index contributed by atoms with van der Waals surface area (Å²) in [5.74, 6) is -0.368. The van der Waals surface area contributed by atoms with Crippen LogP contribution < -0.4 is 5.32 Å². The Labute approximate surface area is 102 Å². The normalized spacial score (nSPS) is 42.2. The van der Waals surface area contributed by atoms with Gasteiger partial charge in [0.1, 0.15) is 23.9 Å². The van der Waals surface area contributed by atoms with Crippen molar-refractivity contribution in [3.05, 3.63) is 10.4 Å². The van der Waals surface area contributed by atoms with Crippen molar-refractivity contribution in [3.63, 3.8) is 0 Å². The second-order valence-electron chi connectivity index (χ2n) is 4.41. The molecule has 2 rings (SSSR count). The van der Waals surface area contributed by atoms with Gasteiger partial charge < -0.3 is 25.0 Å². The molecule has 2 saturated heterocycles. The van der Waals surface area contributed by atoms with E-state index in [0.29, 0.717) is 0 Å². The van der Waals surface area contributed by atoms with Crippen molar-refractivity contribution in [1.29, 1.82) is 0 Å². The first-order valence-electron chi connectivity index (χ1n) is 5.44. The average Bonchev–Trinajstić information content (AvgIpc) is 2.73. The summed E-state index contributed by atoms with van der Waals surface area (Å²) in [4.78, 5) is 13.6. The van der Waals surface area contributed by atoms with E-state index in [2.05, 4.69) is 15.3 Å². The van der Waals surface area contributed by atoms with Gasteiger partial charge in [0.2, 0.25) is 5.91 Å². The Morgan fingerprint density at radius 1 is 1.67 bits per heavy atom. The molecule has 18 heavy (non-hydrogen) atoms. The lowest BCUT2D eigenvalue weighted by Crippen LogP contribution is -2.66. The molecule has 0 spiro atoms. The van der Waals surface area contributed by atoms with Crippen LogP contribution in [0.25, 0.3) is 10.4 Å². The first-order valence-corrected chi connectivity index (χ1v) is 5.44. The Kier molecular flexibility index (Phi) is 3.42. The fourth-order valence-electron chi connectivity index (χ4n) is 2.24. The summed E-state index contributed by atoms with van der Waals surface area (Å²) in [6.07, 6.45) is -3.41. The first kappa shape index (κ1) is 13.1. The van der Waals surface area contributed by atoms with Gasteiger partial charge in [-0.15, -0.1) is 0 Å². The van der Waals surface area contributed by atoms with E-state index in [1.165, 1.54) is 6.92 Å². The van der Waals surface area contributed by atoms with Crippen molar-refractivity contribution in [2.45, 2.75) is 37.1 Å². The minimum Gasteiger partial charge on any atom is -0.388 e. The van der Waals surface area contributed by atoms with Crippen LogP contribution in [0.3, 0.4) is 0 Å². The molecule has 1 amide bonds. The van der Waals surface area contributed by atoms with E-state index < -0.39 is 30.1 Å². The summed E-state index contributed by atoms with van der Waals surface area (Å²) < 4.78 is 10.8. The highest BCUT2D eigenvalue weighted by Gasteiger charge is 2.58. The molecule has 9 nitrogen and oxygen atoms in total. The number of hydrogen-bond donors (Lipinski definition) is 3. The van der Waals surface area contributed by atoms with Crippen LogP contribution in [-0.2, 0) is 14.3 Å². The molecule has 0 saturated carbocycles. The standard InChI is InChI=1S/C9H14N4O5/c1-4(14)12-5-6(15)7(16)9(2-11-13-10)3-17-8(5)18-9/h5-8,15-16H,2-3H2,1H3,(H,12,14)/t5-,6-,7-,8+,9+/m1/s1. The minimum absolute atomic E-state index is 0.00893. The van der Waals surface area contributed by atoms with Crippen LogP contribution in [-0.4, -0.2) is 59.4 Å². The second-order valence-corrected chi connectivity index (χ2v) is 4.41. The molecule has 3 N–H and O–H groups in total.